The first-order chi connectivity index (χ1) is 10.7. The molecule has 1 amide bonds. The monoisotopic (exact) mass is 302 g/mol. The van der Waals surface area contributed by atoms with Crippen molar-refractivity contribution in [2.75, 3.05) is 26.8 Å². The number of carbonyl (C=O) groups is 1. The number of hydrogen-bond donors (Lipinski definition) is 1. The summed E-state index contributed by atoms with van der Waals surface area (Å²) in [7, 11) is 1.70. The molecule has 1 aliphatic heterocycles. The van der Waals surface area contributed by atoms with Gasteiger partial charge in [0.05, 0.1) is 5.41 Å². The SMILES string of the molecule is COCCC1(C(=O)N2C[C@@H](N)[C@H](c3ccccc3)C2)CCC1. The Morgan fingerprint density at radius 3 is 2.64 bits per heavy atom. The summed E-state index contributed by atoms with van der Waals surface area (Å²) >= 11 is 0. The molecule has 0 spiro atoms. The van der Waals surface area contributed by atoms with Crippen molar-refractivity contribution in [3.8, 4) is 0 Å². The van der Waals surface area contributed by atoms with Crippen molar-refractivity contribution >= 4 is 5.91 Å². The van der Waals surface area contributed by atoms with E-state index in [1.54, 1.807) is 7.11 Å². The Morgan fingerprint density at radius 2 is 2.05 bits per heavy atom. The maximum atomic E-state index is 13.0. The van der Waals surface area contributed by atoms with E-state index < -0.39 is 0 Å². The summed E-state index contributed by atoms with van der Waals surface area (Å²) in [5, 5.41) is 0. The summed E-state index contributed by atoms with van der Waals surface area (Å²) in [5.74, 6) is 0.550. The van der Waals surface area contributed by atoms with E-state index in [0.29, 0.717) is 19.1 Å². The largest absolute Gasteiger partial charge is 0.385 e. The summed E-state index contributed by atoms with van der Waals surface area (Å²) in [4.78, 5) is 15.0. The Hall–Kier alpha value is -1.39. The highest BCUT2D eigenvalue weighted by Crippen LogP contribution is 2.46. The van der Waals surface area contributed by atoms with Crippen molar-refractivity contribution in [3.05, 3.63) is 35.9 Å². The maximum absolute atomic E-state index is 13.0. The van der Waals surface area contributed by atoms with Crippen LogP contribution in [-0.4, -0.2) is 43.7 Å². The first kappa shape index (κ1) is 15.5. The second-order valence-corrected chi connectivity index (χ2v) is 6.77. The summed E-state index contributed by atoms with van der Waals surface area (Å²) in [6.45, 7) is 2.08. The fraction of sp³-hybridized carbons (Fsp3) is 0.611. The van der Waals surface area contributed by atoms with Gasteiger partial charge in [0.2, 0.25) is 5.91 Å². The zero-order chi connectivity index (χ0) is 15.6. The molecular formula is C18H26N2O2. The van der Waals surface area contributed by atoms with Crippen LogP contribution in [0.5, 0.6) is 0 Å². The summed E-state index contributed by atoms with van der Waals surface area (Å²) in [5.41, 5.74) is 7.38. The van der Waals surface area contributed by atoms with E-state index in [2.05, 4.69) is 12.1 Å². The Balaban J connectivity index is 1.70. The number of methoxy groups -OCH3 is 1. The van der Waals surface area contributed by atoms with Gasteiger partial charge in [-0.2, -0.15) is 0 Å². The van der Waals surface area contributed by atoms with Gasteiger partial charge in [-0.05, 0) is 24.8 Å². The predicted molar refractivity (Wildman–Crippen MR) is 86.5 cm³/mol. The molecule has 1 aromatic rings. The van der Waals surface area contributed by atoms with Gasteiger partial charge in [-0.3, -0.25) is 4.79 Å². The Bertz CT molecular complexity index is 513. The van der Waals surface area contributed by atoms with E-state index in [0.717, 1.165) is 32.2 Å². The minimum Gasteiger partial charge on any atom is -0.385 e. The molecule has 0 bridgehead atoms. The third-order valence-corrected chi connectivity index (χ3v) is 5.43. The lowest BCUT2D eigenvalue weighted by Gasteiger charge is -2.42. The van der Waals surface area contributed by atoms with Gasteiger partial charge in [-0.15, -0.1) is 0 Å². The van der Waals surface area contributed by atoms with E-state index >= 15 is 0 Å². The molecule has 1 saturated carbocycles. The highest BCUT2D eigenvalue weighted by molar-refractivity contribution is 5.84. The topological polar surface area (TPSA) is 55.6 Å². The second kappa shape index (κ2) is 6.39. The number of amides is 1. The Kier molecular flexibility index (Phi) is 4.50. The van der Waals surface area contributed by atoms with E-state index in [1.165, 1.54) is 5.56 Å². The van der Waals surface area contributed by atoms with Crippen LogP contribution in [0, 0.1) is 5.41 Å². The van der Waals surface area contributed by atoms with E-state index in [1.807, 2.05) is 23.1 Å². The maximum Gasteiger partial charge on any atom is 0.228 e. The molecule has 4 heteroatoms. The number of nitrogens with two attached hydrogens (primary N) is 1. The molecule has 2 atom stereocenters. The van der Waals surface area contributed by atoms with Crippen molar-refractivity contribution in [2.24, 2.45) is 11.1 Å². The first-order valence-corrected chi connectivity index (χ1v) is 8.25. The van der Waals surface area contributed by atoms with Crippen LogP contribution in [0.25, 0.3) is 0 Å². The molecule has 1 aromatic carbocycles. The number of ether oxygens (including phenoxy) is 1. The van der Waals surface area contributed by atoms with Crippen LogP contribution >= 0.6 is 0 Å². The normalized spacial score (nSPS) is 26.7. The average Bonchev–Trinajstić information content (AvgIpc) is 2.89. The molecular weight excluding hydrogens is 276 g/mol. The minimum absolute atomic E-state index is 0.0332. The zero-order valence-electron chi connectivity index (χ0n) is 13.3. The number of likely N-dealkylation sites (tertiary alicyclic amines) is 1. The summed E-state index contributed by atoms with van der Waals surface area (Å²) in [6, 6.07) is 10.4. The molecule has 1 saturated heterocycles. The van der Waals surface area contributed by atoms with E-state index in [9.17, 15) is 4.79 Å². The molecule has 0 unspecified atom stereocenters. The highest BCUT2D eigenvalue weighted by atomic mass is 16.5. The fourth-order valence-electron chi connectivity index (χ4n) is 3.85. The number of benzene rings is 1. The third-order valence-electron chi connectivity index (χ3n) is 5.43. The molecule has 4 nitrogen and oxygen atoms in total. The van der Waals surface area contributed by atoms with Crippen molar-refractivity contribution in [2.45, 2.75) is 37.6 Å². The molecule has 1 heterocycles. The van der Waals surface area contributed by atoms with Crippen LogP contribution in [0.15, 0.2) is 30.3 Å². The minimum atomic E-state index is -0.179. The zero-order valence-corrected chi connectivity index (χ0v) is 13.3. The van der Waals surface area contributed by atoms with Crippen LogP contribution in [0.3, 0.4) is 0 Å². The summed E-state index contributed by atoms with van der Waals surface area (Å²) < 4.78 is 5.20. The van der Waals surface area contributed by atoms with Crippen LogP contribution in [0.1, 0.15) is 37.2 Å². The van der Waals surface area contributed by atoms with Gasteiger partial charge in [0, 0.05) is 38.8 Å². The number of rotatable bonds is 5. The van der Waals surface area contributed by atoms with Gasteiger partial charge < -0.3 is 15.4 Å². The van der Waals surface area contributed by atoms with E-state index in [4.69, 9.17) is 10.5 Å². The lowest BCUT2D eigenvalue weighted by atomic mass is 9.66. The molecule has 22 heavy (non-hydrogen) atoms. The first-order valence-electron chi connectivity index (χ1n) is 8.25. The van der Waals surface area contributed by atoms with Crippen molar-refractivity contribution in [1.29, 1.82) is 0 Å². The van der Waals surface area contributed by atoms with Crippen molar-refractivity contribution in [3.63, 3.8) is 0 Å². The number of carbonyl (C=O) groups excluding carboxylic acids is 1. The predicted octanol–water partition coefficient (Wildman–Crippen LogP) is 2.15. The van der Waals surface area contributed by atoms with E-state index in [-0.39, 0.29) is 17.4 Å². The van der Waals surface area contributed by atoms with Gasteiger partial charge >= 0.3 is 0 Å². The molecule has 2 N–H and O–H groups in total. The fourth-order valence-corrected chi connectivity index (χ4v) is 3.85. The second-order valence-electron chi connectivity index (χ2n) is 6.77. The molecule has 2 aliphatic rings. The summed E-state index contributed by atoms with van der Waals surface area (Å²) in [6.07, 6.45) is 3.98. The molecule has 1 aliphatic carbocycles. The van der Waals surface area contributed by atoms with Crippen LogP contribution < -0.4 is 5.73 Å². The number of nitrogens with zero attached hydrogens (tertiary/aromatic N) is 1. The molecule has 120 valence electrons. The Labute approximate surface area is 132 Å². The van der Waals surface area contributed by atoms with Gasteiger partial charge in [0.1, 0.15) is 0 Å². The smallest absolute Gasteiger partial charge is 0.228 e. The third kappa shape index (κ3) is 2.77. The van der Waals surface area contributed by atoms with Gasteiger partial charge in [-0.1, -0.05) is 36.8 Å². The lowest BCUT2D eigenvalue weighted by Crippen LogP contribution is -2.48. The molecule has 0 aromatic heterocycles. The van der Waals surface area contributed by atoms with Crippen LogP contribution in [0.4, 0.5) is 0 Å². The molecule has 2 fully saturated rings. The molecule has 0 radical (unpaired) electrons. The van der Waals surface area contributed by atoms with Crippen molar-refractivity contribution < 1.29 is 9.53 Å². The van der Waals surface area contributed by atoms with Crippen LogP contribution in [0.2, 0.25) is 0 Å². The van der Waals surface area contributed by atoms with Gasteiger partial charge in [0.25, 0.3) is 0 Å². The van der Waals surface area contributed by atoms with Gasteiger partial charge in [0.15, 0.2) is 0 Å². The average molecular weight is 302 g/mol. The quantitative estimate of drug-likeness (QED) is 0.906. The lowest BCUT2D eigenvalue weighted by molar-refractivity contribution is -0.148. The number of hydrogen-bond acceptors (Lipinski definition) is 3. The van der Waals surface area contributed by atoms with Crippen molar-refractivity contribution in [1.82, 2.24) is 4.90 Å². The highest BCUT2D eigenvalue weighted by Gasteiger charge is 2.48. The standard InChI is InChI=1S/C18H26N2O2/c1-22-11-10-18(8-5-9-18)17(21)20-12-15(16(19)13-20)14-6-3-2-4-7-14/h2-4,6-7,15-16H,5,8-13,19H2,1H3/t15-,16+/m0/s1. The van der Waals surface area contributed by atoms with Gasteiger partial charge in [-0.25, -0.2) is 0 Å². The molecule has 3 rings (SSSR count). The van der Waals surface area contributed by atoms with Crippen LogP contribution in [-0.2, 0) is 9.53 Å². The Morgan fingerprint density at radius 1 is 1.32 bits per heavy atom.